The van der Waals surface area contributed by atoms with Crippen LogP contribution in [0.2, 0.25) is 0 Å². The number of hydrogen-bond acceptors (Lipinski definition) is 4. The maximum atomic E-state index is 12.6. The Balaban J connectivity index is 1.50. The van der Waals surface area contributed by atoms with Crippen molar-refractivity contribution in [3.63, 3.8) is 0 Å². The quantitative estimate of drug-likeness (QED) is 0.889. The molecule has 2 saturated heterocycles. The van der Waals surface area contributed by atoms with Gasteiger partial charge in [0.15, 0.2) is 0 Å². The fourth-order valence-electron chi connectivity index (χ4n) is 3.40. The van der Waals surface area contributed by atoms with Crippen molar-refractivity contribution in [3.05, 3.63) is 24.4 Å². The third-order valence-corrected chi connectivity index (χ3v) is 4.95. The maximum Gasteiger partial charge on any atom is 0.227 e. The highest BCUT2D eigenvalue weighted by molar-refractivity contribution is 5.83. The molecule has 1 aromatic heterocycles. The van der Waals surface area contributed by atoms with Gasteiger partial charge >= 0.3 is 0 Å². The molecule has 2 fully saturated rings. The van der Waals surface area contributed by atoms with Crippen LogP contribution in [0.25, 0.3) is 0 Å². The summed E-state index contributed by atoms with van der Waals surface area (Å²) in [5, 5.41) is 6.62. The summed E-state index contributed by atoms with van der Waals surface area (Å²) in [5.41, 5.74) is -0.240. The van der Waals surface area contributed by atoms with Crippen LogP contribution in [0, 0.1) is 5.41 Å². The van der Waals surface area contributed by atoms with Crippen LogP contribution in [0.4, 0.5) is 5.82 Å². The van der Waals surface area contributed by atoms with Crippen molar-refractivity contribution in [1.82, 2.24) is 15.6 Å². The van der Waals surface area contributed by atoms with Crippen LogP contribution in [0.1, 0.15) is 32.6 Å². The molecule has 0 radical (unpaired) electrons. The average Bonchev–Trinajstić information content (AvgIpc) is 2.57. The predicted molar refractivity (Wildman–Crippen MR) is 87.8 cm³/mol. The zero-order valence-corrected chi connectivity index (χ0v) is 13.3. The number of piperidine rings is 2. The van der Waals surface area contributed by atoms with E-state index in [-0.39, 0.29) is 11.3 Å². The molecular weight excluding hydrogens is 276 g/mol. The van der Waals surface area contributed by atoms with Gasteiger partial charge in [-0.1, -0.05) is 6.07 Å². The Morgan fingerprint density at radius 1 is 1.41 bits per heavy atom. The van der Waals surface area contributed by atoms with Crippen molar-refractivity contribution < 1.29 is 4.79 Å². The Kier molecular flexibility index (Phi) is 4.62. The molecule has 1 unspecified atom stereocenters. The van der Waals surface area contributed by atoms with E-state index < -0.39 is 0 Å². The lowest BCUT2D eigenvalue weighted by molar-refractivity contribution is -0.132. The molecule has 2 N–H and O–H groups in total. The van der Waals surface area contributed by atoms with Crippen LogP contribution in [-0.2, 0) is 4.79 Å². The molecule has 5 heteroatoms. The van der Waals surface area contributed by atoms with E-state index in [0.29, 0.717) is 6.04 Å². The Hall–Kier alpha value is -1.62. The summed E-state index contributed by atoms with van der Waals surface area (Å²) in [6.45, 7) is 5.82. The van der Waals surface area contributed by atoms with E-state index in [4.69, 9.17) is 0 Å². The van der Waals surface area contributed by atoms with E-state index in [1.165, 1.54) is 0 Å². The highest BCUT2D eigenvalue weighted by Crippen LogP contribution is 2.26. The van der Waals surface area contributed by atoms with Crippen LogP contribution in [0.3, 0.4) is 0 Å². The summed E-state index contributed by atoms with van der Waals surface area (Å²) < 4.78 is 0. The monoisotopic (exact) mass is 302 g/mol. The van der Waals surface area contributed by atoms with Crippen molar-refractivity contribution in [2.75, 3.05) is 31.1 Å². The number of carbonyl (C=O) groups excluding carboxylic acids is 1. The number of nitrogens with zero attached hydrogens (tertiary/aromatic N) is 2. The molecule has 1 atom stereocenters. The first kappa shape index (κ1) is 15.3. The third-order valence-electron chi connectivity index (χ3n) is 4.95. The standard InChI is InChI=1S/C17H26N4O/c1-17(8-4-9-18-13-17)16(22)20-14-6-11-21(12-7-14)15-5-2-3-10-19-15/h2-3,5,10,14,18H,4,6-9,11-13H2,1H3,(H,20,22). The van der Waals surface area contributed by atoms with Crippen molar-refractivity contribution >= 4 is 11.7 Å². The number of pyridine rings is 1. The lowest BCUT2D eigenvalue weighted by Gasteiger charge is -2.37. The first-order valence-electron chi connectivity index (χ1n) is 8.35. The van der Waals surface area contributed by atoms with Gasteiger partial charge in [-0.2, -0.15) is 0 Å². The number of amides is 1. The van der Waals surface area contributed by atoms with Gasteiger partial charge in [-0.25, -0.2) is 4.98 Å². The molecular formula is C17H26N4O. The van der Waals surface area contributed by atoms with E-state index in [0.717, 1.165) is 57.7 Å². The minimum atomic E-state index is -0.240. The summed E-state index contributed by atoms with van der Waals surface area (Å²) in [6.07, 6.45) is 5.89. The summed E-state index contributed by atoms with van der Waals surface area (Å²) in [4.78, 5) is 19.3. The number of carbonyl (C=O) groups is 1. The number of aromatic nitrogens is 1. The normalized spacial score (nSPS) is 26.7. The maximum absolute atomic E-state index is 12.6. The summed E-state index contributed by atoms with van der Waals surface area (Å²) in [7, 11) is 0. The molecule has 2 aliphatic heterocycles. The van der Waals surface area contributed by atoms with Gasteiger partial charge in [-0.05, 0) is 51.3 Å². The van der Waals surface area contributed by atoms with E-state index in [9.17, 15) is 4.79 Å². The number of anilines is 1. The van der Waals surface area contributed by atoms with Gasteiger partial charge < -0.3 is 15.5 Å². The third kappa shape index (κ3) is 3.40. The van der Waals surface area contributed by atoms with Crippen LogP contribution < -0.4 is 15.5 Å². The first-order valence-corrected chi connectivity index (χ1v) is 8.35. The van der Waals surface area contributed by atoms with Crippen LogP contribution >= 0.6 is 0 Å². The second-order valence-electron chi connectivity index (χ2n) is 6.76. The molecule has 3 rings (SSSR count). The first-order chi connectivity index (χ1) is 10.7. The number of hydrogen-bond donors (Lipinski definition) is 2. The highest BCUT2D eigenvalue weighted by atomic mass is 16.2. The molecule has 3 heterocycles. The molecule has 0 aromatic carbocycles. The van der Waals surface area contributed by atoms with Crippen molar-refractivity contribution in [2.24, 2.45) is 5.41 Å². The second-order valence-corrected chi connectivity index (χ2v) is 6.76. The molecule has 0 bridgehead atoms. The summed E-state index contributed by atoms with van der Waals surface area (Å²) >= 11 is 0. The fourth-order valence-corrected chi connectivity index (χ4v) is 3.40. The van der Waals surface area contributed by atoms with Gasteiger partial charge in [0.05, 0.1) is 5.41 Å². The van der Waals surface area contributed by atoms with Gasteiger partial charge in [0.25, 0.3) is 0 Å². The minimum Gasteiger partial charge on any atom is -0.356 e. The molecule has 5 nitrogen and oxygen atoms in total. The van der Waals surface area contributed by atoms with Gasteiger partial charge in [0.1, 0.15) is 5.82 Å². The smallest absolute Gasteiger partial charge is 0.227 e. The molecule has 2 aliphatic rings. The molecule has 0 aliphatic carbocycles. The Morgan fingerprint density at radius 3 is 2.86 bits per heavy atom. The fraction of sp³-hybridized carbons (Fsp3) is 0.647. The Morgan fingerprint density at radius 2 is 2.23 bits per heavy atom. The molecule has 1 amide bonds. The lowest BCUT2D eigenvalue weighted by atomic mass is 9.81. The minimum absolute atomic E-state index is 0.219. The summed E-state index contributed by atoms with van der Waals surface area (Å²) in [5.74, 6) is 1.26. The van der Waals surface area contributed by atoms with E-state index in [1.54, 1.807) is 0 Å². The predicted octanol–water partition coefficient (Wildman–Crippen LogP) is 1.56. The van der Waals surface area contributed by atoms with Crippen molar-refractivity contribution in [3.8, 4) is 0 Å². The Labute approximate surface area is 132 Å². The van der Waals surface area contributed by atoms with E-state index in [1.807, 2.05) is 24.4 Å². The van der Waals surface area contributed by atoms with Crippen molar-refractivity contribution in [1.29, 1.82) is 0 Å². The van der Waals surface area contributed by atoms with Gasteiger partial charge in [-0.3, -0.25) is 4.79 Å². The molecule has 120 valence electrons. The highest BCUT2D eigenvalue weighted by Gasteiger charge is 2.36. The van der Waals surface area contributed by atoms with Gasteiger partial charge in [-0.15, -0.1) is 0 Å². The largest absolute Gasteiger partial charge is 0.356 e. The molecule has 0 saturated carbocycles. The number of rotatable bonds is 3. The van der Waals surface area contributed by atoms with Crippen LogP contribution in [0.5, 0.6) is 0 Å². The van der Waals surface area contributed by atoms with Crippen LogP contribution in [-0.4, -0.2) is 43.1 Å². The zero-order chi connectivity index (χ0) is 15.4. The number of nitrogens with one attached hydrogen (secondary N) is 2. The molecule has 1 aromatic rings. The SMILES string of the molecule is CC1(C(=O)NC2CCN(c3ccccn3)CC2)CCCNC1. The topological polar surface area (TPSA) is 57.3 Å². The van der Waals surface area contributed by atoms with Gasteiger partial charge in [0, 0.05) is 31.9 Å². The van der Waals surface area contributed by atoms with Crippen LogP contribution in [0.15, 0.2) is 24.4 Å². The summed E-state index contributed by atoms with van der Waals surface area (Å²) in [6, 6.07) is 6.31. The Bertz CT molecular complexity index is 491. The van der Waals surface area contributed by atoms with E-state index in [2.05, 4.69) is 27.4 Å². The molecule has 0 spiro atoms. The average molecular weight is 302 g/mol. The zero-order valence-electron chi connectivity index (χ0n) is 13.3. The van der Waals surface area contributed by atoms with Crippen molar-refractivity contribution in [2.45, 2.75) is 38.6 Å². The second kappa shape index (κ2) is 6.65. The van der Waals surface area contributed by atoms with E-state index >= 15 is 0 Å². The molecule has 22 heavy (non-hydrogen) atoms. The lowest BCUT2D eigenvalue weighted by Crippen LogP contribution is -2.53. The van der Waals surface area contributed by atoms with Gasteiger partial charge in [0.2, 0.25) is 5.91 Å².